The number of nitrogens with zero attached hydrogens (tertiary/aromatic N) is 2. The molecular weight excluding hydrogens is 314 g/mol. The molecule has 2 aromatic rings. The average Bonchev–Trinajstić information content (AvgIpc) is 2.98. The highest BCUT2D eigenvalue weighted by molar-refractivity contribution is 7.12. The van der Waals surface area contributed by atoms with Gasteiger partial charge < -0.3 is 0 Å². The summed E-state index contributed by atoms with van der Waals surface area (Å²) in [5.41, 5.74) is 3.16. The number of hydrogen-bond acceptors (Lipinski definition) is 5. The molecule has 1 aromatic heterocycles. The zero-order valence-electron chi connectivity index (χ0n) is 10.9. The second-order valence-corrected chi connectivity index (χ2v) is 5.39. The molecule has 1 N–H and O–H groups in total. The molecule has 0 saturated heterocycles. The van der Waals surface area contributed by atoms with E-state index in [0.717, 1.165) is 0 Å². The summed E-state index contributed by atoms with van der Waals surface area (Å²) in [6, 6.07) is 7.79. The Morgan fingerprint density at radius 1 is 1.43 bits per heavy atom. The maximum atomic E-state index is 11.7. The van der Waals surface area contributed by atoms with Gasteiger partial charge in [0, 0.05) is 11.6 Å². The Morgan fingerprint density at radius 2 is 2.19 bits per heavy atom. The standard InChI is InChI=1S/C13H10ClN3O3S/c1-8(15-16-13(18)12-3-2-6-21-12)9-4-5-10(14)11(7-9)17(19)20/h2-7H,1H3,(H,16,18)/b15-8+. The van der Waals surface area contributed by atoms with E-state index in [1.54, 1.807) is 30.5 Å². The lowest BCUT2D eigenvalue weighted by molar-refractivity contribution is -0.384. The lowest BCUT2D eigenvalue weighted by Gasteiger charge is -2.03. The number of carbonyl (C=O) groups excluding carboxylic acids is 1. The van der Waals surface area contributed by atoms with Crippen molar-refractivity contribution < 1.29 is 9.72 Å². The van der Waals surface area contributed by atoms with Gasteiger partial charge in [0.05, 0.1) is 15.5 Å². The average molecular weight is 324 g/mol. The molecule has 0 aliphatic heterocycles. The van der Waals surface area contributed by atoms with Gasteiger partial charge in [-0.15, -0.1) is 11.3 Å². The fraction of sp³-hybridized carbons (Fsp3) is 0.0769. The monoisotopic (exact) mass is 323 g/mol. The third-order valence-electron chi connectivity index (χ3n) is 2.63. The molecule has 2 rings (SSSR count). The van der Waals surface area contributed by atoms with E-state index in [2.05, 4.69) is 10.5 Å². The molecule has 0 fully saturated rings. The van der Waals surface area contributed by atoms with E-state index in [1.807, 2.05) is 0 Å². The normalized spacial score (nSPS) is 11.2. The Morgan fingerprint density at radius 3 is 2.81 bits per heavy atom. The zero-order chi connectivity index (χ0) is 15.4. The maximum Gasteiger partial charge on any atom is 0.288 e. The van der Waals surface area contributed by atoms with E-state index >= 15 is 0 Å². The van der Waals surface area contributed by atoms with Gasteiger partial charge in [-0.1, -0.05) is 23.7 Å². The molecule has 1 heterocycles. The Labute approximate surface area is 129 Å². The van der Waals surface area contributed by atoms with Crippen LogP contribution in [0.3, 0.4) is 0 Å². The topological polar surface area (TPSA) is 84.6 Å². The Bertz CT molecular complexity index is 713. The van der Waals surface area contributed by atoms with Gasteiger partial charge in [0.2, 0.25) is 0 Å². The van der Waals surface area contributed by atoms with Crippen LogP contribution in [0.25, 0.3) is 0 Å². The van der Waals surface area contributed by atoms with E-state index in [4.69, 9.17) is 11.6 Å². The number of carbonyl (C=O) groups is 1. The van der Waals surface area contributed by atoms with Gasteiger partial charge in [-0.3, -0.25) is 14.9 Å². The smallest absolute Gasteiger partial charge is 0.266 e. The van der Waals surface area contributed by atoms with Crippen LogP contribution >= 0.6 is 22.9 Å². The summed E-state index contributed by atoms with van der Waals surface area (Å²) in [5, 5.41) is 16.6. The van der Waals surface area contributed by atoms with Crippen molar-refractivity contribution >= 4 is 40.2 Å². The Balaban J connectivity index is 2.18. The quantitative estimate of drug-likeness (QED) is 0.531. The molecule has 0 saturated carbocycles. The van der Waals surface area contributed by atoms with Gasteiger partial charge in [0.1, 0.15) is 5.02 Å². The predicted molar refractivity (Wildman–Crippen MR) is 82.1 cm³/mol. The lowest BCUT2D eigenvalue weighted by atomic mass is 10.1. The molecule has 8 heteroatoms. The third-order valence-corrected chi connectivity index (χ3v) is 3.82. The van der Waals surface area contributed by atoms with Gasteiger partial charge in [-0.05, 0) is 24.4 Å². The van der Waals surface area contributed by atoms with Crippen LogP contribution in [0.4, 0.5) is 5.69 Å². The van der Waals surface area contributed by atoms with Crippen LogP contribution in [0.15, 0.2) is 40.8 Å². The van der Waals surface area contributed by atoms with Crippen LogP contribution in [-0.4, -0.2) is 16.5 Å². The molecule has 1 amide bonds. The predicted octanol–water partition coefficient (Wildman–Crippen LogP) is 3.46. The van der Waals surface area contributed by atoms with E-state index in [9.17, 15) is 14.9 Å². The number of nitrogens with one attached hydrogen (secondary N) is 1. The first-order valence-electron chi connectivity index (χ1n) is 5.81. The maximum absolute atomic E-state index is 11.7. The number of thiophene rings is 1. The van der Waals surface area contributed by atoms with Crippen LogP contribution in [-0.2, 0) is 0 Å². The largest absolute Gasteiger partial charge is 0.288 e. The highest BCUT2D eigenvalue weighted by Crippen LogP contribution is 2.25. The van der Waals surface area contributed by atoms with E-state index in [-0.39, 0.29) is 16.6 Å². The molecule has 21 heavy (non-hydrogen) atoms. The molecule has 1 aromatic carbocycles. The van der Waals surface area contributed by atoms with Crippen LogP contribution < -0.4 is 5.43 Å². The zero-order valence-corrected chi connectivity index (χ0v) is 12.4. The van der Waals surface area contributed by atoms with Crippen molar-refractivity contribution in [3.8, 4) is 0 Å². The minimum absolute atomic E-state index is 0.0548. The van der Waals surface area contributed by atoms with Crippen LogP contribution in [0.1, 0.15) is 22.2 Å². The van der Waals surface area contributed by atoms with Crippen molar-refractivity contribution in [2.45, 2.75) is 6.92 Å². The second-order valence-electron chi connectivity index (χ2n) is 4.04. The minimum atomic E-state index is -0.566. The summed E-state index contributed by atoms with van der Waals surface area (Å²) < 4.78 is 0. The van der Waals surface area contributed by atoms with Crippen molar-refractivity contribution in [1.29, 1.82) is 0 Å². The molecule has 0 aliphatic carbocycles. The molecule has 0 aliphatic rings. The summed E-state index contributed by atoms with van der Waals surface area (Å²) in [6.07, 6.45) is 0. The summed E-state index contributed by atoms with van der Waals surface area (Å²) in [7, 11) is 0. The van der Waals surface area contributed by atoms with E-state index in [1.165, 1.54) is 23.5 Å². The fourth-order valence-electron chi connectivity index (χ4n) is 1.54. The summed E-state index contributed by atoms with van der Waals surface area (Å²) in [4.78, 5) is 22.5. The van der Waals surface area contributed by atoms with Crippen molar-refractivity contribution in [2.24, 2.45) is 5.10 Å². The van der Waals surface area contributed by atoms with Crippen molar-refractivity contribution in [2.75, 3.05) is 0 Å². The first-order chi connectivity index (χ1) is 9.99. The number of amides is 1. The van der Waals surface area contributed by atoms with Gasteiger partial charge in [0.25, 0.3) is 11.6 Å². The lowest BCUT2D eigenvalue weighted by Crippen LogP contribution is -2.18. The number of halogens is 1. The molecule has 6 nitrogen and oxygen atoms in total. The van der Waals surface area contributed by atoms with Gasteiger partial charge in [0.15, 0.2) is 0 Å². The van der Waals surface area contributed by atoms with Crippen molar-refractivity contribution in [3.63, 3.8) is 0 Å². The highest BCUT2D eigenvalue weighted by atomic mass is 35.5. The molecular formula is C13H10ClN3O3S. The summed E-state index contributed by atoms with van der Waals surface area (Å²) in [6.45, 7) is 1.64. The first-order valence-corrected chi connectivity index (χ1v) is 7.07. The number of nitro benzene ring substituents is 1. The number of benzene rings is 1. The van der Waals surface area contributed by atoms with Crippen LogP contribution in [0.2, 0.25) is 5.02 Å². The molecule has 108 valence electrons. The van der Waals surface area contributed by atoms with Crippen molar-refractivity contribution in [1.82, 2.24) is 5.43 Å². The van der Waals surface area contributed by atoms with Gasteiger partial charge in [-0.25, -0.2) is 5.43 Å². The summed E-state index contributed by atoms with van der Waals surface area (Å²) in [5.74, 6) is -0.326. The second kappa shape index (κ2) is 6.47. The van der Waals surface area contributed by atoms with Crippen LogP contribution in [0.5, 0.6) is 0 Å². The SMILES string of the molecule is C/C(=N\NC(=O)c1cccs1)c1ccc(Cl)c([N+](=O)[O-])c1. The molecule has 0 bridgehead atoms. The minimum Gasteiger partial charge on any atom is -0.266 e. The number of nitro groups is 1. The summed E-state index contributed by atoms with van der Waals surface area (Å²) >= 11 is 7.04. The van der Waals surface area contributed by atoms with Gasteiger partial charge in [-0.2, -0.15) is 5.10 Å². The van der Waals surface area contributed by atoms with E-state index in [0.29, 0.717) is 16.2 Å². The van der Waals surface area contributed by atoms with Crippen molar-refractivity contribution in [3.05, 3.63) is 61.3 Å². The van der Waals surface area contributed by atoms with Gasteiger partial charge >= 0.3 is 0 Å². The third kappa shape index (κ3) is 3.65. The molecule has 0 atom stereocenters. The molecule has 0 unspecified atom stereocenters. The molecule has 0 radical (unpaired) electrons. The Kier molecular flexibility index (Phi) is 4.66. The van der Waals surface area contributed by atoms with E-state index < -0.39 is 4.92 Å². The Hall–Kier alpha value is -2.25. The number of hydrogen-bond donors (Lipinski definition) is 1. The molecule has 0 spiro atoms. The number of hydrazone groups is 1. The highest BCUT2D eigenvalue weighted by Gasteiger charge is 2.14. The van der Waals surface area contributed by atoms with Crippen LogP contribution in [0, 0.1) is 10.1 Å². The number of rotatable bonds is 4. The first kappa shape index (κ1) is 15.1. The fourth-order valence-corrected chi connectivity index (χ4v) is 2.34.